The molecule has 1 N–H and O–H groups in total. The van der Waals surface area contributed by atoms with Gasteiger partial charge in [0.1, 0.15) is 28.3 Å². The molecule has 3 aromatic rings. The highest BCUT2D eigenvalue weighted by molar-refractivity contribution is 6.29. The van der Waals surface area contributed by atoms with Crippen LogP contribution in [0.4, 0.5) is 5.82 Å². The second-order valence-electron chi connectivity index (χ2n) is 6.31. The van der Waals surface area contributed by atoms with Crippen molar-refractivity contribution >= 4 is 23.3 Å². The molecular weight excluding hydrogens is 364 g/mol. The van der Waals surface area contributed by atoms with Crippen LogP contribution in [-0.2, 0) is 11.2 Å². The highest BCUT2D eigenvalue weighted by Crippen LogP contribution is 2.32. The molecule has 0 aliphatic carbocycles. The average molecular weight is 379 g/mol. The van der Waals surface area contributed by atoms with E-state index in [0.717, 1.165) is 11.1 Å². The summed E-state index contributed by atoms with van der Waals surface area (Å²) in [6.07, 6.45) is 6.27. The normalized spacial score (nSPS) is 16.5. The fourth-order valence-corrected chi connectivity index (χ4v) is 3.43. The molecule has 0 aromatic carbocycles. The van der Waals surface area contributed by atoms with Crippen molar-refractivity contribution in [1.82, 2.24) is 20.2 Å². The van der Waals surface area contributed by atoms with Crippen LogP contribution in [0.2, 0.25) is 5.15 Å². The molecule has 8 heteroatoms. The minimum atomic E-state index is -0.160. The van der Waals surface area contributed by atoms with Gasteiger partial charge in [-0.1, -0.05) is 17.7 Å². The highest BCUT2D eigenvalue weighted by atomic mass is 35.5. The van der Waals surface area contributed by atoms with E-state index in [1.807, 2.05) is 6.07 Å². The van der Waals surface area contributed by atoms with Crippen LogP contribution in [0.3, 0.4) is 0 Å². The van der Waals surface area contributed by atoms with Crippen LogP contribution in [0.5, 0.6) is 0 Å². The third kappa shape index (κ3) is 3.27. The zero-order valence-electron chi connectivity index (χ0n) is 14.3. The van der Waals surface area contributed by atoms with Crippen LogP contribution in [0.25, 0.3) is 11.3 Å². The number of amides is 1. The van der Waals surface area contributed by atoms with Crippen molar-refractivity contribution in [2.45, 2.75) is 12.8 Å². The Morgan fingerprint density at radius 1 is 1.30 bits per heavy atom. The van der Waals surface area contributed by atoms with Gasteiger partial charge >= 0.3 is 0 Å². The summed E-state index contributed by atoms with van der Waals surface area (Å²) in [7, 11) is 0. The molecular formula is C19H15ClN6O. The molecule has 1 amide bonds. The highest BCUT2D eigenvalue weighted by Gasteiger charge is 2.35. The number of aromatic nitrogens is 4. The van der Waals surface area contributed by atoms with E-state index in [-0.39, 0.29) is 11.8 Å². The lowest BCUT2D eigenvalue weighted by Gasteiger charge is -2.15. The monoisotopic (exact) mass is 378 g/mol. The molecule has 0 radical (unpaired) electrons. The Bertz CT molecular complexity index is 1010. The molecule has 1 saturated heterocycles. The van der Waals surface area contributed by atoms with Crippen LogP contribution in [0.1, 0.15) is 17.5 Å². The standard InChI is InChI=1S/C19H15ClN6O/c20-16-2-1-12(11-23-16)9-14-5-8-26(19(14)27)18-15(10-21)17(24-25-18)13-3-6-22-7-4-13/h1-4,6-7,11,14H,5,8-9H2,(H,24,25)/t14-/m0/s1. The molecule has 1 atom stereocenters. The molecule has 0 saturated carbocycles. The van der Waals surface area contributed by atoms with Gasteiger partial charge in [0, 0.05) is 36.6 Å². The second-order valence-corrected chi connectivity index (χ2v) is 6.70. The lowest BCUT2D eigenvalue weighted by molar-refractivity contribution is -0.120. The van der Waals surface area contributed by atoms with Crippen molar-refractivity contribution in [3.05, 3.63) is 59.1 Å². The van der Waals surface area contributed by atoms with E-state index in [1.165, 1.54) is 0 Å². The third-order valence-electron chi connectivity index (χ3n) is 4.67. The number of halogens is 1. The second kappa shape index (κ2) is 7.17. The third-order valence-corrected chi connectivity index (χ3v) is 4.89. The van der Waals surface area contributed by atoms with Gasteiger partial charge < -0.3 is 0 Å². The van der Waals surface area contributed by atoms with Gasteiger partial charge in [0.05, 0.1) is 0 Å². The van der Waals surface area contributed by atoms with Gasteiger partial charge in [-0.15, -0.1) is 0 Å². The molecule has 27 heavy (non-hydrogen) atoms. The summed E-state index contributed by atoms with van der Waals surface area (Å²) in [6, 6.07) is 9.34. The number of pyridine rings is 2. The molecule has 0 unspecified atom stereocenters. The van der Waals surface area contributed by atoms with Crippen molar-refractivity contribution in [3.63, 3.8) is 0 Å². The maximum Gasteiger partial charge on any atom is 0.231 e. The number of nitrogens with one attached hydrogen (secondary N) is 1. The number of hydrogen-bond donors (Lipinski definition) is 1. The summed E-state index contributed by atoms with van der Waals surface area (Å²) >= 11 is 5.81. The Kier molecular flexibility index (Phi) is 4.57. The molecule has 3 aromatic heterocycles. The number of H-pyrrole nitrogens is 1. The van der Waals surface area contributed by atoms with E-state index in [0.29, 0.717) is 41.6 Å². The molecule has 1 aliphatic heterocycles. The number of anilines is 1. The van der Waals surface area contributed by atoms with Gasteiger partial charge in [0.25, 0.3) is 0 Å². The van der Waals surface area contributed by atoms with Crippen molar-refractivity contribution in [1.29, 1.82) is 5.26 Å². The summed E-state index contributed by atoms with van der Waals surface area (Å²) in [5.41, 5.74) is 2.62. The fourth-order valence-electron chi connectivity index (χ4n) is 3.31. The minimum absolute atomic E-state index is 0.0219. The Hall–Kier alpha value is -3.24. The first-order valence-electron chi connectivity index (χ1n) is 8.48. The van der Waals surface area contributed by atoms with E-state index in [9.17, 15) is 10.1 Å². The van der Waals surface area contributed by atoms with Crippen molar-refractivity contribution in [2.24, 2.45) is 5.92 Å². The van der Waals surface area contributed by atoms with E-state index in [2.05, 4.69) is 26.2 Å². The molecule has 4 heterocycles. The lowest BCUT2D eigenvalue weighted by atomic mass is 9.99. The minimum Gasteiger partial charge on any atom is -0.296 e. The van der Waals surface area contributed by atoms with Gasteiger partial charge in [-0.2, -0.15) is 10.4 Å². The topological polar surface area (TPSA) is 98.6 Å². The number of carbonyl (C=O) groups is 1. The maximum absolute atomic E-state index is 12.9. The van der Waals surface area contributed by atoms with Crippen molar-refractivity contribution in [3.8, 4) is 17.3 Å². The first-order chi connectivity index (χ1) is 13.2. The lowest BCUT2D eigenvalue weighted by Crippen LogP contribution is -2.28. The van der Waals surface area contributed by atoms with Crippen LogP contribution in [-0.4, -0.2) is 32.6 Å². The zero-order chi connectivity index (χ0) is 18.8. The van der Waals surface area contributed by atoms with Gasteiger partial charge in [-0.3, -0.25) is 19.8 Å². The van der Waals surface area contributed by atoms with Gasteiger partial charge in [-0.05, 0) is 36.6 Å². The van der Waals surface area contributed by atoms with Crippen LogP contribution < -0.4 is 4.90 Å². The predicted octanol–water partition coefficient (Wildman–Crippen LogP) is 2.99. The van der Waals surface area contributed by atoms with Crippen molar-refractivity contribution < 1.29 is 4.79 Å². The summed E-state index contributed by atoms with van der Waals surface area (Å²) in [5.74, 6) is 0.268. The van der Waals surface area contributed by atoms with Crippen LogP contribution >= 0.6 is 11.6 Å². The van der Waals surface area contributed by atoms with E-state index < -0.39 is 0 Å². The first kappa shape index (κ1) is 17.2. The number of hydrogen-bond acceptors (Lipinski definition) is 5. The molecule has 7 nitrogen and oxygen atoms in total. The predicted molar refractivity (Wildman–Crippen MR) is 99.9 cm³/mol. The largest absolute Gasteiger partial charge is 0.296 e. The number of carbonyl (C=O) groups excluding carboxylic acids is 1. The van der Waals surface area contributed by atoms with E-state index in [1.54, 1.807) is 41.7 Å². The van der Waals surface area contributed by atoms with Crippen molar-refractivity contribution in [2.75, 3.05) is 11.4 Å². The van der Waals surface area contributed by atoms with E-state index in [4.69, 9.17) is 11.6 Å². The quantitative estimate of drug-likeness (QED) is 0.703. The van der Waals surface area contributed by atoms with Crippen LogP contribution in [0, 0.1) is 17.2 Å². The summed E-state index contributed by atoms with van der Waals surface area (Å²) in [5, 5.41) is 17.2. The summed E-state index contributed by atoms with van der Waals surface area (Å²) < 4.78 is 0. The SMILES string of the molecule is N#Cc1c(-c2ccncc2)n[nH]c1N1CC[C@@H](Cc2ccc(Cl)nc2)C1=O. The molecule has 4 rings (SSSR count). The molecule has 134 valence electrons. The summed E-state index contributed by atoms with van der Waals surface area (Å²) in [6.45, 7) is 0.539. The maximum atomic E-state index is 12.9. The Labute approximate surface area is 160 Å². The van der Waals surface area contributed by atoms with Gasteiger partial charge in [0.2, 0.25) is 5.91 Å². The van der Waals surface area contributed by atoms with Gasteiger partial charge in [-0.25, -0.2) is 4.98 Å². The molecule has 0 spiro atoms. The Balaban J connectivity index is 1.58. The molecule has 0 bridgehead atoms. The molecule has 1 fully saturated rings. The number of aromatic amines is 1. The first-order valence-corrected chi connectivity index (χ1v) is 8.86. The number of nitrogens with zero attached hydrogens (tertiary/aromatic N) is 5. The average Bonchev–Trinajstić information content (AvgIpc) is 3.28. The van der Waals surface area contributed by atoms with E-state index >= 15 is 0 Å². The number of nitriles is 1. The van der Waals surface area contributed by atoms with Gasteiger partial charge in [0.15, 0.2) is 0 Å². The smallest absolute Gasteiger partial charge is 0.231 e. The summed E-state index contributed by atoms with van der Waals surface area (Å²) in [4.78, 5) is 22.6. The Morgan fingerprint density at radius 3 is 2.81 bits per heavy atom. The van der Waals surface area contributed by atoms with Crippen LogP contribution in [0.15, 0.2) is 42.9 Å². The number of rotatable bonds is 4. The Morgan fingerprint density at radius 2 is 2.11 bits per heavy atom. The fraction of sp³-hybridized carbons (Fsp3) is 0.211. The molecule has 1 aliphatic rings. The zero-order valence-corrected chi connectivity index (χ0v) is 15.0.